The zero-order valence-corrected chi connectivity index (χ0v) is 7.21. The first-order chi connectivity index (χ1) is 5.74. The maximum Gasteiger partial charge on any atom is 0.176 e. The Morgan fingerprint density at radius 2 is 2.33 bits per heavy atom. The maximum atomic E-state index is 11.1. The van der Waals surface area contributed by atoms with Gasteiger partial charge in [-0.05, 0) is 12.1 Å². The van der Waals surface area contributed by atoms with Gasteiger partial charge in [0.25, 0.3) is 0 Å². The minimum Gasteiger partial charge on any atom is -0.293 e. The number of nitrogens with zero attached hydrogens (tertiary/aromatic N) is 1. The van der Waals surface area contributed by atoms with Crippen LogP contribution in [-0.4, -0.2) is 5.78 Å². The molecule has 0 aromatic heterocycles. The Morgan fingerprint density at radius 3 is 2.92 bits per heavy atom. The van der Waals surface area contributed by atoms with E-state index in [4.69, 9.17) is 5.26 Å². The van der Waals surface area contributed by atoms with Crippen LogP contribution in [0.25, 0.3) is 0 Å². The number of carbonyl (C=O) groups is 1. The van der Waals surface area contributed by atoms with Gasteiger partial charge in [0.2, 0.25) is 0 Å². The molecule has 1 rings (SSSR count). The average molecular weight is 177 g/mol. The lowest BCUT2D eigenvalue weighted by molar-refractivity contribution is 0.0997. The SMILES string of the molecule is N#CCC(=O)c1cccc(S)c1. The normalized spacial score (nSPS) is 9.00. The molecule has 0 N–H and O–H groups in total. The Balaban J connectivity index is 2.90. The van der Waals surface area contributed by atoms with Crippen LogP contribution in [-0.2, 0) is 0 Å². The minimum absolute atomic E-state index is 0.0722. The van der Waals surface area contributed by atoms with E-state index in [0.29, 0.717) is 5.56 Å². The van der Waals surface area contributed by atoms with Crippen LogP contribution in [0.1, 0.15) is 16.8 Å². The fourth-order valence-electron chi connectivity index (χ4n) is 0.853. The van der Waals surface area contributed by atoms with E-state index >= 15 is 0 Å². The molecule has 1 aromatic rings. The highest BCUT2D eigenvalue weighted by Crippen LogP contribution is 2.10. The summed E-state index contributed by atoms with van der Waals surface area (Å²) in [5, 5.41) is 8.28. The maximum absolute atomic E-state index is 11.1. The van der Waals surface area contributed by atoms with Gasteiger partial charge in [-0.25, -0.2) is 0 Å². The number of Topliss-reactive ketones (excluding diaryl/α,β-unsaturated/α-hetero) is 1. The summed E-state index contributed by atoms with van der Waals surface area (Å²) in [6.07, 6.45) is -0.0722. The molecular formula is C9H7NOS. The fraction of sp³-hybridized carbons (Fsp3) is 0.111. The molecule has 0 aliphatic carbocycles. The van der Waals surface area contributed by atoms with Gasteiger partial charge in [-0.15, -0.1) is 12.6 Å². The van der Waals surface area contributed by atoms with Gasteiger partial charge < -0.3 is 0 Å². The Labute approximate surface area is 76.2 Å². The summed E-state index contributed by atoms with van der Waals surface area (Å²) in [5.41, 5.74) is 0.545. The van der Waals surface area contributed by atoms with E-state index in [1.165, 1.54) is 0 Å². The fourth-order valence-corrected chi connectivity index (χ4v) is 1.08. The summed E-state index contributed by atoms with van der Waals surface area (Å²) in [4.78, 5) is 11.9. The molecule has 0 aliphatic heterocycles. The monoisotopic (exact) mass is 177 g/mol. The van der Waals surface area contributed by atoms with Crippen molar-refractivity contribution in [1.29, 1.82) is 5.26 Å². The number of benzene rings is 1. The minimum atomic E-state index is -0.159. The first-order valence-corrected chi connectivity index (χ1v) is 3.88. The molecule has 0 aliphatic rings. The van der Waals surface area contributed by atoms with Crippen LogP contribution in [0.15, 0.2) is 29.2 Å². The highest BCUT2D eigenvalue weighted by Gasteiger charge is 2.03. The lowest BCUT2D eigenvalue weighted by atomic mass is 10.1. The number of hydrogen-bond donors (Lipinski definition) is 1. The predicted octanol–water partition coefficient (Wildman–Crippen LogP) is 2.07. The van der Waals surface area contributed by atoms with Gasteiger partial charge in [0.15, 0.2) is 5.78 Å². The van der Waals surface area contributed by atoms with Gasteiger partial charge >= 0.3 is 0 Å². The molecule has 60 valence electrons. The number of nitriles is 1. The number of hydrogen-bond acceptors (Lipinski definition) is 3. The molecule has 0 saturated carbocycles. The molecule has 0 bridgehead atoms. The van der Waals surface area contributed by atoms with Crippen molar-refractivity contribution in [2.24, 2.45) is 0 Å². The van der Waals surface area contributed by atoms with Gasteiger partial charge in [0.05, 0.1) is 12.5 Å². The summed E-state index contributed by atoms with van der Waals surface area (Å²) in [6.45, 7) is 0. The molecule has 2 nitrogen and oxygen atoms in total. The molecule has 0 spiro atoms. The highest BCUT2D eigenvalue weighted by atomic mass is 32.1. The summed E-state index contributed by atoms with van der Waals surface area (Å²) in [6, 6.07) is 8.67. The van der Waals surface area contributed by atoms with E-state index in [2.05, 4.69) is 12.6 Å². The third-order valence-electron chi connectivity index (χ3n) is 1.41. The lowest BCUT2D eigenvalue weighted by Gasteiger charge is -1.96. The van der Waals surface area contributed by atoms with E-state index in [1.807, 2.05) is 6.07 Å². The van der Waals surface area contributed by atoms with E-state index in [9.17, 15) is 4.79 Å². The third kappa shape index (κ3) is 2.11. The molecule has 0 radical (unpaired) electrons. The molecule has 0 heterocycles. The van der Waals surface area contributed by atoms with Crippen LogP contribution in [0.2, 0.25) is 0 Å². The van der Waals surface area contributed by atoms with E-state index < -0.39 is 0 Å². The van der Waals surface area contributed by atoms with Crippen LogP contribution in [0.3, 0.4) is 0 Å². The number of thiol groups is 1. The Kier molecular flexibility index (Phi) is 2.89. The second-order valence-electron chi connectivity index (χ2n) is 2.31. The van der Waals surface area contributed by atoms with Crippen molar-refractivity contribution in [3.05, 3.63) is 29.8 Å². The van der Waals surface area contributed by atoms with Gasteiger partial charge in [0.1, 0.15) is 0 Å². The lowest BCUT2D eigenvalue weighted by Crippen LogP contribution is -1.96. The molecule has 0 saturated heterocycles. The zero-order chi connectivity index (χ0) is 8.97. The molecule has 0 unspecified atom stereocenters. The number of ketones is 1. The average Bonchev–Trinajstić information content (AvgIpc) is 2.05. The summed E-state index contributed by atoms with van der Waals surface area (Å²) < 4.78 is 0. The Morgan fingerprint density at radius 1 is 1.58 bits per heavy atom. The summed E-state index contributed by atoms with van der Waals surface area (Å²) >= 11 is 4.08. The van der Waals surface area contributed by atoms with Gasteiger partial charge in [-0.1, -0.05) is 12.1 Å². The largest absolute Gasteiger partial charge is 0.293 e. The van der Waals surface area contributed by atoms with Crippen molar-refractivity contribution in [2.75, 3.05) is 0 Å². The number of carbonyl (C=O) groups excluding carboxylic acids is 1. The van der Waals surface area contributed by atoms with Crippen molar-refractivity contribution in [1.82, 2.24) is 0 Å². The van der Waals surface area contributed by atoms with Crippen molar-refractivity contribution < 1.29 is 4.79 Å². The predicted molar refractivity (Wildman–Crippen MR) is 48.3 cm³/mol. The standard InChI is InChI=1S/C9H7NOS/c10-5-4-9(11)7-2-1-3-8(12)6-7/h1-3,6,12H,4H2. The Hall–Kier alpha value is -1.27. The van der Waals surface area contributed by atoms with Gasteiger partial charge in [-0.3, -0.25) is 4.79 Å². The quantitative estimate of drug-likeness (QED) is 0.555. The first-order valence-electron chi connectivity index (χ1n) is 3.43. The summed E-state index contributed by atoms with van der Waals surface area (Å²) in [5.74, 6) is -0.159. The highest BCUT2D eigenvalue weighted by molar-refractivity contribution is 7.80. The molecule has 12 heavy (non-hydrogen) atoms. The zero-order valence-electron chi connectivity index (χ0n) is 6.32. The molecule has 1 aromatic carbocycles. The van der Waals surface area contributed by atoms with Gasteiger partial charge in [-0.2, -0.15) is 5.26 Å². The molecular weight excluding hydrogens is 170 g/mol. The molecule has 0 atom stereocenters. The van der Waals surface area contributed by atoms with Crippen LogP contribution in [0, 0.1) is 11.3 Å². The topological polar surface area (TPSA) is 40.9 Å². The Bertz CT molecular complexity index is 341. The van der Waals surface area contributed by atoms with Crippen molar-refractivity contribution >= 4 is 18.4 Å². The third-order valence-corrected chi connectivity index (χ3v) is 1.69. The smallest absolute Gasteiger partial charge is 0.176 e. The summed E-state index contributed by atoms with van der Waals surface area (Å²) in [7, 11) is 0. The van der Waals surface area contributed by atoms with Crippen LogP contribution < -0.4 is 0 Å². The van der Waals surface area contributed by atoms with E-state index in [1.54, 1.807) is 24.3 Å². The second-order valence-corrected chi connectivity index (χ2v) is 2.82. The van der Waals surface area contributed by atoms with Crippen molar-refractivity contribution in [2.45, 2.75) is 11.3 Å². The van der Waals surface area contributed by atoms with Crippen molar-refractivity contribution in [3.63, 3.8) is 0 Å². The van der Waals surface area contributed by atoms with Crippen LogP contribution >= 0.6 is 12.6 Å². The van der Waals surface area contributed by atoms with E-state index in [-0.39, 0.29) is 12.2 Å². The second kappa shape index (κ2) is 3.93. The molecule has 0 fully saturated rings. The van der Waals surface area contributed by atoms with Crippen LogP contribution in [0.5, 0.6) is 0 Å². The number of rotatable bonds is 2. The molecule has 0 amide bonds. The van der Waals surface area contributed by atoms with Gasteiger partial charge in [0, 0.05) is 10.5 Å². The van der Waals surface area contributed by atoms with Crippen LogP contribution in [0.4, 0.5) is 0 Å². The molecule has 3 heteroatoms. The van der Waals surface area contributed by atoms with Crippen molar-refractivity contribution in [3.8, 4) is 6.07 Å². The van der Waals surface area contributed by atoms with E-state index in [0.717, 1.165) is 4.90 Å². The first kappa shape index (κ1) is 8.82.